The SMILES string of the molecule is COc1c(F)c(Cl)cc(CC#N)c1F. The lowest BCUT2D eigenvalue weighted by atomic mass is 10.1. The van der Waals surface area contributed by atoms with Gasteiger partial charge in [0.2, 0.25) is 0 Å². The fraction of sp³-hybridized carbons (Fsp3) is 0.222. The topological polar surface area (TPSA) is 33.0 Å². The maximum Gasteiger partial charge on any atom is 0.192 e. The number of benzene rings is 1. The van der Waals surface area contributed by atoms with Gasteiger partial charge in [0.1, 0.15) is 0 Å². The largest absolute Gasteiger partial charge is 0.491 e. The number of nitriles is 1. The Morgan fingerprint density at radius 1 is 1.50 bits per heavy atom. The van der Waals surface area contributed by atoms with Gasteiger partial charge >= 0.3 is 0 Å². The number of nitrogens with zero attached hydrogens (tertiary/aromatic N) is 1. The van der Waals surface area contributed by atoms with Gasteiger partial charge in [-0.2, -0.15) is 5.26 Å². The van der Waals surface area contributed by atoms with Crippen LogP contribution in [0.15, 0.2) is 6.07 Å². The molecule has 0 aromatic heterocycles. The third kappa shape index (κ3) is 1.78. The van der Waals surface area contributed by atoms with Crippen LogP contribution in [0.3, 0.4) is 0 Å². The Labute approximate surface area is 84.7 Å². The van der Waals surface area contributed by atoms with Crippen molar-refractivity contribution in [3.05, 3.63) is 28.3 Å². The zero-order chi connectivity index (χ0) is 10.7. The molecule has 0 atom stereocenters. The van der Waals surface area contributed by atoms with Crippen molar-refractivity contribution < 1.29 is 13.5 Å². The Hall–Kier alpha value is -1.34. The molecule has 14 heavy (non-hydrogen) atoms. The highest BCUT2D eigenvalue weighted by molar-refractivity contribution is 6.31. The van der Waals surface area contributed by atoms with E-state index in [0.717, 1.165) is 13.2 Å². The monoisotopic (exact) mass is 217 g/mol. The molecule has 0 unspecified atom stereocenters. The number of halogens is 3. The number of methoxy groups -OCH3 is 1. The number of rotatable bonds is 2. The van der Waals surface area contributed by atoms with Gasteiger partial charge in [0, 0.05) is 5.56 Å². The van der Waals surface area contributed by atoms with Crippen LogP contribution < -0.4 is 4.74 Å². The second-order valence-electron chi connectivity index (χ2n) is 2.51. The summed E-state index contributed by atoms with van der Waals surface area (Å²) in [6.07, 6.45) is -0.178. The molecule has 1 aromatic carbocycles. The molecule has 74 valence electrons. The molecule has 1 aromatic rings. The van der Waals surface area contributed by atoms with Crippen molar-refractivity contribution in [3.8, 4) is 11.8 Å². The zero-order valence-corrected chi connectivity index (χ0v) is 8.03. The van der Waals surface area contributed by atoms with Crippen LogP contribution in [0.25, 0.3) is 0 Å². The Kier molecular flexibility index (Phi) is 3.26. The Bertz CT molecular complexity index is 401. The number of hydrogen-bond donors (Lipinski definition) is 0. The Morgan fingerprint density at radius 3 is 2.64 bits per heavy atom. The van der Waals surface area contributed by atoms with Crippen molar-refractivity contribution in [2.75, 3.05) is 7.11 Å². The van der Waals surface area contributed by atoms with E-state index in [1.54, 1.807) is 6.07 Å². The summed E-state index contributed by atoms with van der Waals surface area (Å²) in [6, 6.07) is 2.83. The summed E-state index contributed by atoms with van der Waals surface area (Å²) in [7, 11) is 1.13. The average molecular weight is 218 g/mol. The maximum absolute atomic E-state index is 13.3. The Balaban J connectivity index is 3.36. The van der Waals surface area contributed by atoms with E-state index in [4.69, 9.17) is 16.9 Å². The van der Waals surface area contributed by atoms with Crippen LogP contribution in [0.4, 0.5) is 8.78 Å². The van der Waals surface area contributed by atoms with Crippen LogP contribution in [0.1, 0.15) is 5.56 Å². The van der Waals surface area contributed by atoms with E-state index in [0.29, 0.717) is 0 Å². The molecule has 0 spiro atoms. The van der Waals surface area contributed by atoms with Crippen molar-refractivity contribution >= 4 is 11.6 Å². The normalized spacial score (nSPS) is 9.64. The third-order valence-electron chi connectivity index (χ3n) is 1.66. The molecule has 0 N–H and O–H groups in total. The molecule has 0 fully saturated rings. The minimum absolute atomic E-state index is 0.0238. The fourth-order valence-electron chi connectivity index (χ4n) is 1.02. The van der Waals surface area contributed by atoms with E-state index in [-0.39, 0.29) is 17.0 Å². The highest BCUT2D eigenvalue weighted by atomic mass is 35.5. The summed E-state index contributed by atoms with van der Waals surface area (Å²) in [5.41, 5.74) is 0.0238. The van der Waals surface area contributed by atoms with Crippen molar-refractivity contribution in [1.29, 1.82) is 5.26 Å². The molecule has 0 heterocycles. The van der Waals surface area contributed by atoms with Gasteiger partial charge in [-0.1, -0.05) is 11.6 Å². The van der Waals surface area contributed by atoms with E-state index in [9.17, 15) is 8.78 Å². The molecule has 0 bridgehead atoms. The smallest absolute Gasteiger partial charge is 0.192 e. The molecular weight excluding hydrogens is 212 g/mol. The summed E-state index contributed by atoms with van der Waals surface area (Å²) < 4.78 is 30.9. The van der Waals surface area contributed by atoms with Crippen LogP contribution in [0, 0.1) is 23.0 Å². The first-order valence-electron chi connectivity index (χ1n) is 3.69. The van der Waals surface area contributed by atoms with Crippen molar-refractivity contribution in [1.82, 2.24) is 0 Å². The van der Waals surface area contributed by atoms with Crippen LogP contribution >= 0.6 is 11.6 Å². The summed E-state index contributed by atoms with van der Waals surface area (Å²) in [4.78, 5) is 0. The standard InChI is InChI=1S/C9H6ClF2NO/c1-14-9-7(11)5(2-3-13)4-6(10)8(9)12/h4H,2H2,1H3. The first kappa shape index (κ1) is 10.7. The van der Waals surface area contributed by atoms with Crippen molar-refractivity contribution in [2.45, 2.75) is 6.42 Å². The van der Waals surface area contributed by atoms with Crippen molar-refractivity contribution in [3.63, 3.8) is 0 Å². The Morgan fingerprint density at radius 2 is 2.14 bits per heavy atom. The van der Waals surface area contributed by atoms with Crippen LogP contribution in [-0.2, 0) is 6.42 Å². The number of ether oxygens (including phenoxy) is 1. The molecule has 5 heteroatoms. The van der Waals surface area contributed by atoms with Crippen LogP contribution in [0.5, 0.6) is 5.75 Å². The van der Waals surface area contributed by atoms with E-state index < -0.39 is 17.4 Å². The molecule has 0 saturated carbocycles. The minimum Gasteiger partial charge on any atom is -0.491 e. The zero-order valence-electron chi connectivity index (χ0n) is 7.27. The molecule has 0 radical (unpaired) electrons. The molecule has 1 rings (SSSR count). The fourth-order valence-corrected chi connectivity index (χ4v) is 1.24. The van der Waals surface area contributed by atoms with Crippen LogP contribution in [-0.4, -0.2) is 7.11 Å². The summed E-state index contributed by atoms with van der Waals surface area (Å²) in [5.74, 6) is -2.38. The first-order valence-corrected chi connectivity index (χ1v) is 4.07. The van der Waals surface area contributed by atoms with Gasteiger partial charge in [0.15, 0.2) is 17.4 Å². The van der Waals surface area contributed by atoms with Gasteiger partial charge in [-0.25, -0.2) is 8.78 Å². The van der Waals surface area contributed by atoms with Gasteiger partial charge in [0.25, 0.3) is 0 Å². The van der Waals surface area contributed by atoms with E-state index >= 15 is 0 Å². The average Bonchev–Trinajstić information content (AvgIpc) is 2.16. The summed E-state index contributed by atoms with van der Waals surface area (Å²) in [5, 5.41) is 8.12. The quantitative estimate of drug-likeness (QED) is 0.714. The van der Waals surface area contributed by atoms with Gasteiger partial charge in [-0.15, -0.1) is 0 Å². The first-order chi connectivity index (χ1) is 6.61. The second kappa shape index (κ2) is 4.25. The highest BCUT2D eigenvalue weighted by Gasteiger charge is 2.17. The van der Waals surface area contributed by atoms with E-state index in [1.807, 2.05) is 0 Å². The molecule has 0 aliphatic carbocycles. The molecular formula is C9H6ClF2NO. The summed E-state index contributed by atoms with van der Waals surface area (Å²) >= 11 is 5.47. The predicted molar refractivity (Wildman–Crippen MR) is 47.2 cm³/mol. The summed E-state index contributed by atoms with van der Waals surface area (Å²) in [6.45, 7) is 0. The third-order valence-corrected chi connectivity index (χ3v) is 1.94. The van der Waals surface area contributed by atoms with Gasteiger partial charge in [0.05, 0.1) is 24.6 Å². The lowest BCUT2D eigenvalue weighted by Gasteiger charge is -2.07. The second-order valence-corrected chi connectivity index (χ2v) is 2.92. The van der Waals surface area contributed by atoms with Gasteiger partial charge in [-0.3, -0.25) is 0 Å². The van der Waals surface area contributed by atoms with Crippen molar-refractivity contribution in [2.24, 2.45) is 0 Å². The lowest BCUT2D eigenvalue weighted by molar-refractivity contribution is 0.358. The predicted octanol–water partition coefficient (Wildman–Crippen LogP) is 2.69. The lowest BCUT2D eigenvalue weighted by Crippen LogP contribution is -1.98. The number of hydrogen-bond acceptors (Lipinski definition) is 2. The molecule has 0 amide bonds. The molecule has 0 aliphatic heterocycles. The van der Waals surface area contributed by atoms with Gasteiger partial charge < -0.3 is 4.74 Å². The maximum atomic E-state index is 13.3. The van der Waals surface area contributed by atoms with E-state index in [2.05, 4.69) is 4.74 Å². The molecule has 2 nitrogen and oxygen atoms in total. The molecule has 0 aliphatic rings. The minimum atomic E-state index is -0.951. The van der Waals surface area contributed by atoms with E-state index in [1.165, 1.54) is 0 Å². The molecule has 0 saturated heterocycles. The van der Waals surface area contributed by atoms with Crippen LogP contribution in [0.2, 0.25) is 5.02 Å². The highest BCUT2D eigenvalue weighted by Crippen LogP contribution is 2.30. The van der Waals surface area contributed by atoms with Gasteiger partial charge in [-0.05, 0) is 6.07 Å².